The summed E-state index contributed by atoms with van der Waals surface area (Å²) in [5, 5.41) is 10.5. The number of aliphatic hydroxyl groups is 1. The van der Waals surface area contributed by atoms with Crippen LogP contribution >= 0.6 is 15.9 Å². The molecule has 3 rings (SSSR count). The number of halogens is 2. The van der Waals surface area contributed by atoms with E-state index in [1.54, 1.807) is 6.07 Å². The minimum atomic E-state index is -0.428. The van der Waals surface area contributed by atoms with Crippen molar-refractivity contribution >= 4 is 15.9 Å². The largest absolute Gasteiger partial charge is 0.392 e. The first-order valence-electron chi connectivity index (χ1n) is 7.38. The average Bonchev–Trinajstić information content (AvgIpc) is 2.64. The molecule has 2 nitrogen and oxygen atoms in total. The maximum absolute atomic E-state index is 13.9. The molecule has 1 aromatic carbocycles. The van der Waals surface area contributed by atoms with Gasteiger partial charge in [0.2, 0.25) is 0 Å². The average molecular weight is 342 g/mol. The quantitative estimate of drug-likeness (QED) is 0.911. The molecule has 110 valence electrons. The lowest BCUT2D eigenvalue weighted by Crippen LogP contribution is -2.43. The second-order valence-electron chi connectivity index (χ2n) is 6.29. The molecule has 2 saturated heterocycles. The van der Waals surface area contributed by atoms with Crippen molar-refractivity contribution < 1.29 is 9.50 Å². The molecular formula is C16H21BrFNO. The van der Waals surface area contributed by atoms with Crippen LogP contribution in [0.25, 0.3) is 0 Å². The van der Waals surface area contributed by atoms with Crippen molar-refractivity contribution in [3.8, 4) is 0 Å². The third-order valence-electron chi connectivity index (χ3n) is 5.12. The van der Waals surface area contributed by atoms with E-state index in [4.69, 9.17) is 0 Å². The van der Waals surface area contributed by atoms with Gasteiger partial charge in [0.05, 0.1) is 6.10 Å². The van der Waals surface area contributed by atoms with E-state index in [1.807, 2.05) is 6.07 Å². The van der Waals surface area contributed by atoms with Crippen LogP contribution in [0.15, 0.2) is 22.7 Å². The maximum atomic E-state index is 13.9. The predicted octanol–water partition coefficient (Wildman–Crippen LogP) is 3.36. The molecule has 3 atom stereocenters. The summed E-state index contributed by atoms with van der Waals surface area (Å²) in [6.07, 6.45) is 4.59. The van der Waals surface area contributed by atoms with Crippen molar-refractivity contribution in [2.75, 3.05) is 7.05 Å². The Bertz CT molecular complexity index is 481. The summed E-state index contributed by atoms with van der Waals surface area (Å²) in [7, 11) is 2.19. The minimum absolute atomic E-state index is 0.227. The number of hydrogen-bond acceptors (Lipinski definition) is 2. The first-order chi connectivity index (χ1) is 9.54. The summed E-state index contributed by atoms with van der Waals surface area (Å²) in [6.45, 7) is 0. The van der Waals surface area contributed by atoms with E-state index in [0.29, 0.717) is 30.0 Å². The zero-order chi connectivity index (χ0) is 14.3. The number of fused-ring (bicyclic) bond motifs is 2. The summed E-state index contributed by atoms with van der Waals surface area (Å²) < 4.78 is 14.6. The third-order valence-corrected chi connectivity index (χ3v) is 5.62. The Morgan fingerprint density at radius 3 is 2.60 bits per heavy atom. The molecule has 0 amide bonds. The molecule has 2 aliphatic rings. The Morgan fingerprint density at radius 2 is 2.00 bits per heavy atom. The lowest BCUT2D eigenvalue weighted by atomic mass is 9.84. The van der Waals surface area contributed by atoms with Gasteiger partial charge in [0.25, 0.3) is 0 Å². The lowest BCUT2D eigenvalue weighted by Gasteiger charge is -2.38. The van der Waals surface area contributed by atoms with Crippen LogP contribution in [0.4, 0.5) is 4.39 Å². The Balaban J connectivity index is 1.66. The van der Waals surface area contributed by atoms with E-state index >= 15 is 0 Å². The summed E-state index contributed by atoms with van der Waals surface area (Å²) in [6, 6.07) is 6.31. The lowest BCUT2D eigenvalue weighted by molar-refractivity contribution is 0.0363. The van der Waals surface area contributed by atoms with Gasteiger partial charge in [0, 0.05) is 23.0 Å². The topological polar surface area (TPSA) is 23.5 Å². The van der Waals surface area contributed by atoms with Crippen LogP contribution < -0.4 is 0 Å². The highest BCUT2D eigenvalue weighted by Gasteiger charge is 2.40. The van der Waals surface area contributed by atoms with Crippen molar-refractivity contribution in [2.45, 2.75) is 50.3 Å². The van der Waals surface area contributed by atoms with Crippen molar-refractivity contribution in [3.63, 3.8) is 0 Å². The van der Waals surface area contributed by atoms with Gasteiger partial charge in [0.15, 0.2) is 0 Å². The van der Waals surface area contributed by atoms with Crippen LogP contribution in [0.2, 0.25) is 0 Å². The van der Waals surface area contributed by atoms with Crippen LogP contribution in [-0.2, 0) is 6.42 Å². The van der Waals surface area contributed by atoms with Crippen LogP contribution in [0, 0.1) is 11.7 Å². The zero-order valence-electron chi connectivity index (χ0n) is 11.7. The van der Waals surface area contributed by atoms with E-state index in [2.05, 4.69) is 27.9 Å². The molecule has 3 unspecified atom stereocenters. The van der Waals surface area contributed by atoms with Gasteiger partial charge in [-0.25, -0.2) is 4.39 Å². The van der Waals surface area contributed by atoms with E-state index in [1.165, 1.54) is 18.9 Å². The SMILES string of the molecule is CN1C2CCC1CC(C(O)Cc1ccc(Br)cc1F)C2. The van der Waals surface area contributed by atoms with Crippen LogP contribution in [0.5, 0.6) is 0 Å². The van der Waals surface area contributed by atoms with Gasteiger partial charge in [0.1, 0.15) is 5.82 Å². The van der Waals surface area contributed by atoms with E-state index in [-0.39, 0.29) is 5.82 Å². The fourth-order valence-electron chi connectivity index (χ4n) is 3.85. The molecule has 2 aliphatic heterocycles. The van der Waals surface area contributed by atoms with Crippen molar-refractivity contribution in [1.82, 2.24) is 4.90 Å². The number of hydrogen-bond donors (Lipinski definition) is 1. The fraction of sp³-hybridized carbons (Fsp3) is 0.625. The van der Waals surface area contributed by atoms with Gasteiger partial charge in [-0.05, 0) is 56.3 Å². The summed E-state index contributed by atoms with van der Waals surface area (Å²) in [5.41, 5.74) is 0.618. The molecular weight excluding hydrogens is 321 g/mol. The van der Waals surface area contributed by atoms with Crippen LogP contribution in [0.3, 0.4) is 0 Å². The van der Waals surface area contributed by atoms with Gasteiger partial charge in [-0.2, -0.15) is 0 Å². The highest BCUT2D eigenvalue weighted by Crippen LogP contribution is 2.39. The van der Waals surface area contributed by atoms with Gasteiger partial charge < -0.3 is 10.0 Å². The normalized spacial score (nSPS) is 31.5. The van der Waals surface area contributed by atoms with Gasteiger partial charge in [-0.15, -0.1) is 0 Å². The molecule has 0 spiro atoms. The third kappa shape index (κ3) is 2.78. The van der Waals surface area contributed by atoms with Gasteiger partial charge in [-0.3, -0.25) is 0 Å². The van der Waals surface area contributed by atoms with Crippen LogP contribution in [-0.4, -0.2) is 35.2 Å². The smallest absolute Gasteiger partial charge is 0.127 e. The van der Waals surface area contributed by atoms with Gasteiger partial charge in [-0.1, -0.05) is 22.0 Å². The molecule has 2 bridgehead atoms. The number of aliphatic hydroxyl groups excluding tert-OH is 1. The highest BCUT2D eigenvalue weighted by molar-refractivity contribution is 9.10. The van der Waals surface area contributed by atoms with Crippen molar-refractivity contribution in [3.05, 3.63) is 34.1 Å². The predicted molar refractivity (Wildman–Crippen MR) is 81.1 cm³/mol. The molecule has 4 heteroatoms. The second kappa shape index (κ2) is 5.74. The number of nitrogens with zero attached hydrogens (tertiary/aromatic N) is 1. The number of piperidine rings is 1. The molecule has 1 N–H and O–H groups in total. The summed E-state index contributed by atoms with van der Waals surface area (Å²) >= 11 is 3.26. The Hall–Kier alpha value is -0.450. The first kappa shape index (κ1) is 14.5. The molecule has 0 aliphatic carbocycles. The van der Waals surface area contributed by atoms with Crippen molar-refractivity contribution in [2.24, 2.45) is 5.92 Å². The van der Waals surface area contributed by atoms with Crippen LogP contribution in [0.1, 0.15) is 31.2 Å². The Labute approximate surface area is 128 Å². The monoisotopic (exact) mass is 341 g/mol. The standard InChI is InChI=1S/C16H21BrFNO/c1-19-13-4-5-14(19)7-11(6-13)16(20)8-10-2-3-12(17)9-15(10)18/h2-3,9,11,13-14,16,20H,4-8H2,1H3. The summed E-state index contributed by atoms with van der Waals surface area (Å²) in [4.78, 5) is 2.46. The molecule has 0 radical (unpaired) electrons. The van der Waals surface area contributed by atoms with E-state index < -0.39 is 6.10 Å². The summed E-state index contributed by atoms with van der Waals surface area (Å²) in [5.74, 6) is 0.0843. The van der Waals surface area contributed by atoms with E-state index in [0.717, 1.165) is 17.3 Å². The van der Waals surface area contributed by atoms with E-state index in [9.17, 15) is 9.50 Å². The van der Waals surface area contributed by atoms with Crippen molar-refractivity contribution in [1.29, 1.82) is 0 Å². The van der Waals surface area contributed by atoms with Gasteiger partial charge >= 0.3 is 0 Å². The fourth-order valence-corrected chi connectivity index (χ4v) is 4.18. The molecule has 0 saturated carbocycles. The Kier molecular flexibility index (Phi) is 4.16. The Morgan fingerprint density at radius 1 is 1.35 bits per heavy atom. The second-order valence-corrected chi connectivity index (χ2v) is 7.20. The molecule has 2 heterocycles. The molecule has 2 fully saturated rings. The first-order valence-corrected chi connectivity index (χ1v) is 8.18. The maximum Gasteiger partial charge on any atom is 0.127 e. The zero-order valence-corrected chi connectivity index (χ0v) is 13.3. The highest BCUT2D eigenvalue weighted by atomic mass is 79.9. The number of rotatable bonds is 3. The molecule has 1 aromatic rings. The molecule has 20 heavy (non-hydrogen) atoms. The number of benzene rings is 1. The molecule has 0 aromatic heterocycles. The minimum Gasteiger partial charge on any atom is -0.392 e.